The molecule has 6 rings (SSSR count). The van der Waals surface area contributed by atoms with Gasteiger partial charge in [-0.2, -0.15) is 5.10 Å². The Balaban J connectivity index is 1.36. The molecule has 0 saturated heterocycles. The molecule has 3 N–H and O–H groups in total. The summed E-state index contributed by atoms with van der Waals surface area (Å²) in [6, 6.07) is 14.0. The number of aromatic nitrogens is 7. The first-order valence-electron chi connectivity index (χ1n) is 12.6. The quantitative estimate of drug-likeness (QED) is 0.217. The van der Waals surface area contributed by atoms with Crippen LogP contribution in [0.3, 0.4) is 0 Å². The molecule has 0 spiro atoms. The SMILES string of the molecule is C=C(CC(C)(C)C)Nc1cncc(-c2ccc3[nH]nc(-c4nc5c(-c6ccc(F)cc6)nccc5[nH]4)c3n2)c1. The third-order valence-electron chi connectivity index (χ3n) is 6.25. The van der Waals surface area contributed by atoms with Gasteiger partial charge in [0, 0.05) is 29.2 Å². The molecule has 1 aromatic carbocycles. The summed E-state index contributed by atoms with van der Waals surface area (Å²) in [5, 5.41) is 10.9. The maximum Gasteiger partial charge on any atom is 0.161 e. The fourth-order valence-electron chi connectivity index (χ4n) is 4.63. The van der Waals surface area contributed by atoms with Crippen LogP contribution < -0.4 is 5.32 Å². The average Bonchev–Trinajstić information content (AvgIpc) is 3.52. The van der Waals surface area contributed by atoms with Crippen molar-refractivity contribution >= 4 is 27.8 Å². The van der Waals surface area contributed by atoms with E-state index in [0.29, 0.717) is 28.2 Å². The molecule has 6 aromatic rings. The lowest BCUT2D eigenvalue weighted by molar-refractivity contribution is 0.411. The Labute approximate surface area is 224 Å². The molecule has 9 heteroatoms. The van der Waals surface area contributed by atoms with Crippen LogP contribution in [0.25, 0.3) is 56.1 Å². The van der Waals surface area contributed by atoms with E-state index in [-0.39, 0.29) is 11.2 Å². The van der Waals surface area contributed by atoms with Crippen molar-refractivity contribution < 1.29 is 4.39 Å². The summed E-state index contributed by atoms with van der Waals surface area (Å²) >= 11 is 0. The average molecular weight is 519 g/mol. The van der Waals surface area contributed by atoms with E-state index in [4.69, 9.17) is 9.97 Å². The molecule has 0 unspecified atom stereocenters. The van der Waals surface area contributed by atoms with Crippen molar-refractivity contribution in [2.45, 2.75) is 27.2 Å². The number of pyridine rings is 3. The fraction of sp³-hybridized carbons (Fsp3) is 0.167. The van der Waals surface area contributed by atoms with Crippen molar-refractivity contribution in [1.29, 1.82) is 0 Å². The van der Waals surface area contributed by atoms with Crippen molar-refractivity contribution in [3.05, 3.63) is 85.2 Å². The van der Waals surface area contributed by atoms with E-state index in [9.17, 15) is 4.39 Å². The number of allylic oxidation sites excluding steroid dienone is 1. The zero-order valence-electron chi connectivity index (χ0n) is 21.9. The number of nitrogens with zero attached hydrogens (tertiary/aromatic N) is 5. The van der Waals surface area contributed by atoms with Crippen molar-refractivity contribution in [1.82, 2.24) is 35.1 Å². The highest BCUT2D eigenvalue weighted by Crippen LogP contribution is 2.31. The topological polar surface area (TPSA) is 108 Å². The number of nitrogens with one attached hydrogen (secondary N) is 3. The number of hydrogen-bond acceptors (Lipinski definition) is 6. The molecule has 0 atom stereocenters. The van der Waals surface area contributed by atoms with Crippen molar-refractivity contribution in [3.8, 4) is 34.0 Å². The van der Waals surface area contributed by atoms with Crippen LogP contribution in [0.15, 0.2) is 79.4 Å². The largest absolute Gasteiger partial charge is 0.358 e. The predicted molar refractivity (Wildman–Crippen MR) is 152 cm³/mol. The van der Waals surface area contributed by atoms with Crippen LogP contribution in [0.4, 0.5) is 10.1 Å². The fourth-order valence-corrected chi connectivity index (χ4v) is 4.63. The summed E-state index contributed by atoms with van der Waals surface area (Å²) in [6.45, 7) is 10.7. The van der Waals surface area contributed by atoms with Gasteiger partial charge in [0.15, 0.2) is 11.5 Å². The zero-order chi connectivity index (χ0) is 27.1. The number of halogens is 1. The number of aromatic amines is 2. The van der Waals surface area contributed by atoms with E-state index < -0.39 is 0 Å². The van der Waals surface area contributed by atoms with Crippen LogP contribution in [0.5, 0.6) is 0 Å². The predicted octanol–water partition coefficient (Wildman–Crippen LogP) is 7.13. The third kappa shape index (κ3) is 4.98. The minimum Gasteiger partial charge on any atom is -0.358 e. The number of rotatable bonds is 6. The number of benzene rings is 1. The van der Waals surface area contributed by atoms with Crippen LogP contribution in [0, 0.1) is 11.2 Å². The highest BCUT2D eigenvalue weighted by molar-refractivity contribution is 5.95. The molecule has 8 nitrogen and oxygen atoms in total. The summed E-state index contributed by atoms with van der Waals surface area (Å²) in [5.41, 5.74) is 8.50. The van der Waals surface area contributed by atoms with Gasteiger partial charge in [0.25, 0.3) is 0 Å². The molecule has 0 fully saturated rings. The lowest BCUT2D eigenvalue weighted by Gasteiger charge is -2.20. The maximum absolute atomic E-state index is 13.5. The molecule has 5 heterocycles. The summed E-state index contributed by atoms with van der Waals surface area (Å²) < 4.78 is 13.5. The number of hydrogen-bond donors (Lipinski definition) is 3. The molecule has 0 radical (unpaired) electrons. The van der Waals surface area contributed by atoms with Gasteiger partial charge in [-0.1, -0.05) is 27.4 Å². The molecule has 0 saturated carbocycles. The molecule has 0 amide bonds. The second-order valence-corrected chi connectivity index (χ2v) is 10.7. The van der Waals surface area contributed by atoms with Gasteiger partial charge in [-0.05, 0) is 60.4 Å². The Morgan fingerprint density at radius 3 is 2.51 bits per heavy atom. The van der Waals surface area contributed by atoms with Crippen LogP contribution in [0.1, 0.15) is 27.2 Å². The van der Waals surface area contributed by atoms with Gasteiger partial charge in [-0.15, -0.1) is 0 Å². The minimum absolute atomic E-state index is 0.131. The monoisotopic (exact) mass is 518 g/mol. The number of H-pyrrole nitrogens is 2. The van der Waals surface area contributed by atoms with E-state index in [2.05, 4.69) is 57.8 Å². The molecule has 0 aliphatic carbocycles. The van der Waals surface area contributed by atoms with E-state index in [1.165, 1.54) is 12.1 Å². The van der Waals surface area contributed by atoms with Gasteiger partial charge in [0.05, 0.1) is 34.3 Å². The second kappa shape index (κ2) is 9.43. The lowest BCUT2D eigenvalue weighted by Crippen LogP contribution is -2.10. The van der Waals surface area contributed by atoms with Gasteiger partial charge in [-0.3, -0.25) is 15.1 Å². The third-order valence-corrected chi connectivity index (χ3v) is 6.25. The highest BCUT2D eigenvalue weighted by atomic mass is 19.1. The first kappa shape index (κ1) is 24.4. The molecule has 194 valence electrons. The second-order valence-electron chi connectivity index (χ2n) is 10.7. The lowest BCUT2D eigenvalue weighted by atomic mass is 9.91. The van der Waals surface area contributed by atoms with E-state index in [0.717, 1.165) is 45.7 Å². The number of anilines is 1. The molecule has 39 heavy (non-hydrogen) atoms. The molecule has 5 aromatic heterocycles. The summed E-state index contributed by atoms with van der Waals surface area (Å²) in [4.78, 5) is 22.0. The molecule has 0 aliphatic heterocycles. The van der Waals surface area contributed by atoms with E-state index >= 15 is 0 Å². The van der Waals surface area contributed by atoms with Gasteiger partial charge in [0.2, 0.25) is 0 Å². The Bertz CT molecular complexity index is 1830. The first-order chi connectivity index (χ1) is 18.7. The van der Waals surface area contributed by atoms with Gasteiger partial charge >= 0.3 is 0 Å². The Hall–Kier alpha value is -4.92. The smallest absolute Gasteiger partial charge is 0.161 e. The van der Waals surface area contributed by atoms with Crippen LogP contribution >= 0.6 is 0 Å². The molecule has 0 aliphatic rings. The van der Waals surface area contributed by atoms with Gasteiger partial charge < -0.3 is 10.3 Å². The molecular weight excluding hydrogens is 491 g/mol. The van der Waals surface area contributed by atoms with Crippen molar-refractivity contribution in [2.24, 2.45) is 5.41 Å². The highest BCUT2D eigenvalue weighted by Gasteiger charge is 2.18. The maximum atomic E-state index is 13.5. The minimum atomic E-state index is -0.301. The zero-order valence-corrected chi connectivity index (χ0v) is 21.9. The van der Waals surface area contributed by atoms with E-state index in [1.54, 1.807) is 30.7 Å². The van der Waals surface area contributed by atoms with Gasteiger partial charge in [0.1, 0.15) is 16.9 Å². The van der Waals surface area contributed by atoms with Crippen molar-refractivity contribution in [3.63, 3.8) is 0 Å². The van der Waals surface area contributed by atoms with Crippen molar-refractivity contribution in [2.75, 3.05) is 5.32 Å². The molecular formula is C30H27FN8. The Morgan fingerprint density at radius 1 is 0.923 bits per heavy atom. The number of imidazole rings is 1. The van der Waals surface area contributed by atoms with E-state index in [1.807, 2.05) is 24.3 Å². The van der Waals surface area contributed by atoms with Gasteiger partial charge in [-0.25, -0.2) is 14.4 Å². The normalized spacial score (nSPS) is 11.8. The molecule has 0 bridgehead atoms. The summed E-state index contributed by atoms with van der Waals surface area (Å²) in [6.07, 6.45) is 6.11. The van der Waals surface area contributed by atoms with Crippen LogP contribution in [0.2, 0.25) is 0 Å². The Kier molecular flexibility index (Phi) is 5.91. The van der Waals surface area contributed by atoms with Crippen LogP contribution in [-0.4, -0.2) is 35.1 Å². The standard InChI is InChI=1S/C30H27FN8/c1-17(14-30(2,3)4)34-21-13-19(15-32-16-21)22-9-10-24-27(35-22)28(39-38-24)29-36-23-11-12-33-25(26(23)37-29)18-5-7-20(31)8-6-18/h5-13,15-16,34H,1,14H2,2-4H3,(H,36,37)(H,38,39). The summed E-state index contributed by atoms with van der Waals surface area (Å²) in [7, 11) is 0. The Morgan fingerprint density at radius 2 is 1.72 bits per heavy atom. The summed E-state index contributed by atoms with van der Waals surface area (Å²) in [5.74, 6) is 0.258. The first-order valence-corrected chi connectivity index (χ1v) is 12.6. The van der Waals surface area contributed by atoms with Crippen LogP contribution in [-0.2, 0) is 0 Å². The number of fused-ring (bicyclic) bond motifs is 2.